The van der Waals surface area contributed by atoms with Crippen molar-refractivity contribution in [3.63, 3.8) is 0 Å². The van der Waals surface area contributed by atoms with Gasteiger partial charge in [0.05, 0.1) is 0 Å². The van der Waals surface area contributed by atoms with Crippen LogP contribution < -0.4 is 11.1 Å². The summed E-state index contributed by atoms with van der Waals surface area (Å²) in [5.74, 6) is -0.715. The van der Waals surface area contributed by atoms with Crippen molar-refractivity contribution in [2.24, 2.45) is 11.7 Å². The van der Waals surface area contributed by atoms with Crippen LogP contribution in [0.15, 0.2) is 42.5 Å². The summed E-state index contributed by atoms with van der Waals surface area (Å²) < 4.78 is 26.7. The molecule has 0 aromatic heterocycles. The molecule has 1 saturated carbocycles. The van der Waals surface area contributed by atoms with Crippen LogP contribution in [0.4, 0.5) is 14.5 Å². The van der Waals surface area contributed by atoms with Crippen LogP contribution in [0.5, 0.6) is 0 Å². The zero-order valence-electron chi connectivity index (χ0n) is 13.3. The fourth-order valence-electron chi connectivity index (χ4n) is 3.25. The van der Waals surface area contributed by atoms with E-state index in [2.05, 4.69) is 5.32 Å². The van der Waals surface area contributed by atoms with Crippen LogP contribution in [0, 0.1) is 17.6 Å². The fraction of sp³-hybridized carbons (Fsp3) is 0.316. The fourth-order valence-corrected chi connectivity index (χ4v) is 3.25. The Balaban J connectivity index is 1.80. The molecule has 126 valence electrons. The van der Waals surface area contributed by atoms with Crippen LogP contribution in [0.25, 0.3) is 11.1 Å². The molecular weight excluding hydrogens is 310 g/mol. The highest BCUT2D eigenvalue weighted by atomic mass is 19.1. The van der Waals surface area contributed by atoms with Gasteiger partial charge >= 0.3 is 0 Å². The molecule has 1 aliphatic carbocycles. The zero-order chi connectivity index (χ0) is 17.1. The van der Waals surface area contributed by atoms with Gasteiger partial charge in [0.2, 0.25) is 5.91 Å². The van der Waals surface area contributed by atoms with E-state index in [0.717, 1.165) is 19.3 Å². The van der Waals surface area contributed by atoms with E-state index in [1.54, 1.807) is 12.1 Å². The second-order valence-electron chi connectivity index (χ2n) is 6.30. The second-order valence-corrected chi connectivity index (χ2v) is 6.30. The lowest BCUT2D eigenvalue weighted by Gasteiger charge is -2.16. The van der Waals surface area contributed by atoms with Crippen LogP contribution in [0.2, 0.25) is 0 Å². The van der Waals surface area contributed by atoms with Gasteiger partial charge in [0.25, 0.3) is 0 Å². The van der Waals surface area contributed by atoms with Gasteiger partial charge in [-0.1, -0.05) is 18.6 Å². The number of rotatable bonds is 4. The van der Waals surface area contributed by atoms with Crippen LogP contribution in [0.1, 0.15) is 25.7 Å². The first kappa shape index (κ1) is 16.6. The Bertz CT molecular complexity index is 731. The van der Waals surface area contributed by atoms with E-state index >= 15 is 0 Å². The molecule has 0 bridgehead atoms. The van der Waals surface area contributed by atoms with Crippen LogP contribution >= 0.6 is 0 Å². The molecule has 2 atom stereocenters. The van der Waals surface area contributed by atoms with Crippen LogP contribution in [-0.4, -0.2) is 11.9 Å². The summed E-state index contributed by atoms with van der Waals surface area (Å²) >= 11 is 0. The Hall–Kier alpha value is -2.27. The molecule has 1 amide bonds. The highest BCUT2D eigenvalue weighted by molar-refractivity contribution is 5.95. The van der Waals surface area contributed by atoms with E-state index in [4.69, 9.17) is 5.73 Å². The number of hydrogen-bond acceptors (Lipinski definition) is 2. The largest absolute Gasteiger partial charge is 0.327 e. The molecule has 0 radical (unpaired) electrons. The lowest BCUT2D eigenvalue weighted by atomic mass is 9.99. The third kappa shape index (κ3) is 3.79. The predicted octanol–water partition coefficient (Wildman–Crippen LogP) is 4.09. The Morgan fingerprint density at radius 1 is 1.08 bits per heavy atom. The highest BCUT2D eigenvalue weighted by Crippen LogP contribution is 2.31. The van der Waals surface area contributed by atoms with Gasteiger partial charge in [-0.15, -0.1) is 0 Å². The number of carbonyl (C=O) groups is 1. The van der Waals surface area contributed by atoms with Crippen molar-refractivity contribution in [3.8, 4) is 11.1 Å². The molecular formula is C19H20F2N2O. The summed E-state index contributed by atoms with van der Waals surface area (Å²) in [5.41, 5.74) is 7.69. The summed E-state index contributed by atoms with van der Waals surface area (Å²) in [6, 6.07) is 9.97. The molecule has 3 N–H and O–H groups in total. The summed E-state index contributed by atoms with van der Waals surface area (Å²) in [7, 11) is 0. The van der Waals surface area contributed by atoms with E-state index < -0.39 is 5.82 Å². The van der Waals surface area contributed by atoms with Crippen molar-refractivity contribution in [2.75, 3.05) is 5.32 Å². The minimum absolute atomic E-state index is 0.0699. The maximum Gasteiger partial charge on any atom is 0.224 e. The molecule has 0 heterocycles. The zero-order valence-corrected chi connectivity index (χ0v) is 13.3. The molecule has 5 heteroatoms. The SMILES string of the molecule is N[C@@H]1CCC[C@H]1CC(=O)Nc1ccc(F)cc1-c1ccc(F)cc1. The van der Waals surface area contributed by atoms with Crippen molar-refractivity contribution < 1.29 is 13.6 Å². The number of nitrogens with one attached hydrogen (secondary N) is 1. The maximum absolute atomic E-state index is 13.6. The number of halogens is 2. The predicted molar refractivity (Wildman–Crippen MR) is 90.4 cm³/mol. The molecule has 1 aliphatic rings. The summed E-state index contributed by atoms with van der Waals surface area (Å²) in [4.78, 5) is 12.3. The van der Waals surface area contributed by atoms with E-state index in [-0.39, 0.29) is 23.7 Å². The summed E-state index contributed by atoms with van der Waals surface area (Å²) in [6.45, 7) is 0. The van der Waals surface area contributed by atoms with Gasteiger partial charge in [0.1, 0.15) is 11.6 Å². The Kier molecular flexibility index (Phi) is 4.90. The maximum atomic E-state index is 13.6. The Morgan fingerprint density at radius 3 is 2.46 bits per heavy atom. The Labute approximate surface area is 139 Å². The van der Waals surface area contributed by atoms with Gasteiger partial charge in [-0.3, -0.25) is 4.79 Å². The van der Waals surface area contributed by atoms with Crippen LogP contribution in [0.3, 0.4) is 0 Å². The van der Waals surface area contributed by atoms with Gasteiger partial charge < -0.3 is 11.1 Å². The molecule has 3 rings (SSSR count). The van der Waals surface area contributed by atoms with Crippen molar-refractivity contribution in [3.05, 3.63) is 54.1 Å². The molecule has 0 unspecified atom stereocenters. The van der Waals surface area contributed by atoms with Crippen LogP contribution in [-0.2, 0) is 4.79 Å². The third-order valence-corrected chi connectivity index (χ3v) is 4.58. The smallest absolute Gasteiger partial charge is 0.224 e. The van der Waals surface area contributed by atoms with Gasteiger partial charge in [-0.25, -0.2) is 8.78 Å². The summed E-state index contributed by atoms with van der Waals surface area (Å²) in [6.07, 6.45) is 3.33. The lowest BCUT2D eigenvalue weighted by molar-refractivity contribution is -0.117. The minimum atomic E-state index is -0.412. The molecule has 1 fully saturated rings. The monoisotopic (exact) mass is 330 g/mol. The molecule has 24 heavy (non-hydrogen) atoms. The first-order valence-corrected chi connectivity index (χ1v) is 8.14. The normalized spacial score (nSPS) is 20.1. The van der Waals surface area contributed by atoms with Crippen molar-refractivity contribution in [2.45, 2.75) is 31.7 Å². The molecule has 0 aliphatic heterocycles. The van der Waals surface area contributed by atoms with E-state index in [9.17, 15) is 13.6 Å². The van der Waals surface area contributed by atoms with E-state index in [1.165, 1.54) is 30.3 Å². The first-order valence-electron chi connectivity index (χ1n) is 8.14. The molecule has 0 saturated heterocycles. The second kappa shape index (κ2) is 7.09. The average molecular weight is 330 g/mol. The molecule has 2 aromatic rings. The number of hydrogen-bond donors (Lipinski definition) is 2. The Morgan fingerprint density at radius 2 is 1.79 bits per heavy atom. The minimum Gasteiger partial charge on any atom is -0.327 e. The lowest BCUT2D eigenvalue weighted by Crippen LogP contribution is -2.28. The van der Waals surface area contributed by atoms with Crippen molar-refractivity contribution >= 4 is 11.6 Å². The summed E-state index contributed by atoms with van der Waals surface area (Å²) in [5, 5.41) is 2.84. The van der Waals surface area contributed by atoms with Gasteiger partial charge in [0, 0.05) is 23.7 Å². The number of nitrogens with two attached hydrogens (primary N) is 1. The topological polar surface area (TPSA) is 55.1 Å². The third-order valence-electron chi connectivity index (χ3n) is 4.58. The number of benzene rings is 2. The number of carbonyl (C=O) groups excluding carboxylic acids is 1. The standard InChI is InChI=1S/C19H20F2N2O/c20-14-6-4-12(5-7-14)16-11-15(21)8-9-18(16)23-19(24)10-13-2-1-3-17(13)22/h4-9,11,13,17H,1-3,10,22H2,(H,23,24)/t13-,17+/m0/s1. The van der Waals surface area contributed by atoms with Crippen molar-refractivity contribution in [1.29, 1.82) is 0 Å². The highest BCUT2D eigenvalue weighted by Gasteiger charge is 2.26. The first-order chi connectivity index (χ1) is 11.5. The number of amides is 1. The van der Waals surface area contributed by atoms with Crippen molar-refractivity contribution in [1.82, 2.24) is 0 Å². The van der Waals surface area contributed by atoms with Gasteiger partial charge in [-0.05, 0) is 54.7 Å². The molecule has 2 aromatic carbocycles. The molecule has 3 nitrogen and oxygen atoms in total. The van der Waals surface area contributed by atoms with E-state index in [0.29, 0.717) is 23.2 Å². The molecule has 0 spiro atoms. The average Bonchev–Trinajstić information content (AvgIpc) is 2.95. The van der Waals surface area contributed by atoms with E-state index in [1.807, 2.05) is 0 Å². The van der Waals surface area contributed by atoms with Gasteiger partial charge in [-0.2, -0.15) is 0 Å². The number of anilines is 1. The van der Waals surface area contributed by atoms with Gasteiger partial charge in [0.15, 0.2) is 0 Å². The quantitative estimate of drug-likeness (QED) is 0.887.